The van der Waals surface area contributed by atoms with E-state index < -0.39 is 0 Å². The summed E-state index contributed by atoms with van der Waals surface area (Å²) in [5, 5.41) is 0. The average Bonchev–Trinajstić information content (AvgIpc) is 3.03. The van der Waals surface area contributed by atoms with Crippen molar-refractivity contribution < 1.29 is 4.79 Å². The van der Waals surface area contributed by atoms with Gasteiger partial charge in [0, 0.05) is 37.3 Å². The number of imidazole rings is 1. The van der Waals surface area contributed by atoms with Crippen molar-refractivity contribution in [3.63, 3.8) is 0 Å². The van der Waals surface area contributed by atoms with E-state index in [2.05, 4.69) is 9.97 Å². The first-order valence-electron chi connectivity index (χ1n) is 6.64. The zero-order valence-electron chi connectivity index (χ0n) is 12.3. The molecule has 20 heavy (non-hydrogen) atoms. The molecule has 108 valence electrons. The second-order valence-corrected chi connectivity index (χ2v) is 5.87. The van der Waals surface area contributed by atoms with Gasteiger partial charge >= 0.3 is 0 Å². The lowest BCUT2D eigenvalue weighted by atomic mass is 10.2. The van der Waals surface area contributed by atoms with Crippen molar-refractivity contribution >= 4 is 17.2 Å². The Kier molecular flexibility index (Phi) is 4.54. The van der Waals surface area contributed by atoms with E-state index in [0.29, 0.717) is 6.54 Å². The number of rotatable bonds is 5. The van der Waals surface area contributed by atoms with Crippen LogP contribution in [-0.2, 0) is 11.2 Å². The number of hydrogen-bond acceptors (Lipinski definition) is 4. The fraction of sp³-hybridized carbons (Fsp3) is 0.500. The largest absolute Gasteiger partial charge is 0.344 e. The highest BCUT2D eigenvalue weighted by molar-refractivity contribution is 7.09. The number of aryl methyl sites for hydroxylation is 2. The van der Waals surface area contributed by atoms with Crippen molar-refractivity contribution in [2.75, 3.05) is 13.6 Å². The van der Waals surface area contributed by atoms with Crippen LogP contribution in [0.3, 0.4) is 0 Å². The van der Waals surface area contributed by atoms with Gasteiger partial charge in [-0.25, -0.2) is 9.97 Å². The number of nitrogens with zero attached hydrogens (tertiary/aromatic N) is 4. The predicted octanol–water partition coefficient (Wildman–Crippen LogP) is 2.22. The lowest BCUT2D eigenvalue weighted by molar-refractivity contribution is -0.132. The zero-order valence-corrected chi connectivity index (χ0v) is 13.1. The summed E-state index contributed by atoms with van der Waals surface area (Å²) in [5.74, 6) is 0.964. The Balaban J connectivity index is 1.95. The maximum absolute atomic E-state index is 12.4. The summed E-state index contributed by atoms with van der Waals surface area (Å²) < 4.78 is 1.90. The summed E-state index contributed by atoms with van der Waals surface area (Å²) in [7, 11) is 1.85. The normalized spacial score (nSPS) is 12.4. The minimum atomic E-state index is -0.218. The molecule has 0 N–H and O–H groups in total. The van der Waals surface area contributed by atoms with E-state index in [-0.39, 0.29) is 11.9 Å². The molecule has 2 aromatic rings. The van der Waals surface area contributed by atoms with Crippen molar-refractivity contribution in [3.8, 4) is 0 Å². The molecule has 2 rings (SSSR count). The number of carbonyl (C=O) groups excluding carboxylic acids is 1. The van der Waals surface area contributed by atoms with Crippen LogP contribution >= 0.6 is 11.3 Å². The Morgan fingerprint density at radius 1 is 1.45 bits per heavy atom. The molecule has 0 aliphatic carbocycles. The molecule has 0 bridgehead atoms. The van der Waals surface area contributed by atoms with Crippen LogP contribution in [0, 0.1) is 13.8 Å². The molecule has 0 radical (unpaired) electrons. The van der Waals surface area contributed by atoms with Gasteiger partial charge in [-0.15, -0.1) is 11.3 Å². The van der Waals surface area contributed by atoms with Crippen molar-refractivity contribution in [3.05, 3.63) is 34.3 Å². The molecule has 0 saturated carbocycles. The highest BCUT2D eigenvalue weighted by Crippen LogP contribution is 2.15. The predicted molar refractivity (Wildman–Crippen MR) is 79.9 cm³/mol. The topological polar surface area (TPSA) is 51.0 Å². The molecule has 1 amide bonds. The maximum Gasteiger partial charge on any atom is 0.245 e. The highest BCUT2D eigenvalue weighted by Gasteiger charge is 2.20. The van der Waals surface area contributed by atoms with E-state index in [1.807, 2.05) is 44.1 Å². The van der Waals surface area contributed by atoms with E-state index in [9.17, 15) is 4.79 Å². The Morgan fingerprint density at radius 2 is 2.20 bits per heavy atom. The van der Waals surface area contributed by atoms with Gasteiger partial charge in [0.15, 0.2) is 0 Å². The summed E-state index contributed by atoms with van der Waals surface area (Å²) in [6.45, 7) is 6.53. The van der Waals surface area contributed by atoms with Crippen LogP contribution in [0.5, 0.6) is 0 Å². The molecule has 0 saturated heterocycles. The van der Waals surface area contributed by atoms with Crippen molar-refractivity contribution in [2.24, 2.45) is 0 Å². The lowest BCUT2D eigenvalue weighted by Crippen LogP contribution is -2.34. The monoisotopic (exact) mass is 292 g/mol. The average molecular weight is 292 g/mol. The van der Waals surface area contributed by atoms with Gasteiger partial charge in [0.25, 0.3) is 0 Å². The molecule has 2 heterocycles. The van der Waals surface area contributed by atoms with Gasteiger partial charge < -0.3 is 9.47 Å². The van der Waals surface area contributed by atoms with Gasteiger partial charge in [-0.2, -0.15) is 0 Å². The van der Waals surface area contributed by atoms with Crippen LogP contribution in [0.4, 0.5) is 0 Å². The quantitative estimate of drug-likeness (QED) is 0.849. The third-order valence-corrected chi connectivity index (χ3v) is 4.53. The SMILES string of the molecule is Cc1ncsc1CCN(C)C(=O)[C@H](C)n1ccnc1C. The van der Waals surface area contributed by atoms with E-state index in [1.165, 1.54) is 4.88 Å². The number of aromatic nitrogens is 3. The first-order valence-corrected chi connectivity index (χ1v) is 7.52. The Labute approximate surface area is 123 Å². The van der Waals surface area contributed by atoms with Crippen LogP contribution in [0.25, 0.3) is 0 Å². The molecule has 5 nitrogen and oxygen atoms in total. The van der Waals surface area contributed by atoms with E-state index in [4.69, 9.17) is 0 Å². The Hall–Kier alpha value is -1.69. The molecule has 2 aromatic heterocycles. The van der Waals surface area contributed by atoms with Crippen molar-refractivity contribution in [1.29, 1.82) is 0 Å². The van der Waals surface area contributed by atoms with E-state index >= 15 is 0 Å². The fourth-order valence-electron chi connectivity index (χ4n) is 2.18. The Morgan fingerprint density at radius 3 is 2.75 bits per heavy atom. The van der Waals surface area contributed by atoms with Gasteiger partial charge in [-0.3, -0.25) is 4.79 Å². The molecule has 0 fully saturated rings. The molecule has 0 aliphatic heterocycles. The van der Waals surface area contributed by atoms with Gasteiger partial charge in [-0.05, 0) is 20.8 Å². The van der Waals surface area contributed by atoms with Crippen LogP contribution in [-0.4, -0.2) is 38.9 Å². The second-order valence-electron chi connectivity index (χ2n) is 4.93. The lowest BCUT2D eigenvalue weighted by Gasteiger charge is -2.22. The van der Waals surface area contributed by atoms with Crippen molar-refractivity contribution in [1.82, 2.24) is 19.4 Å². The third kappa shape index (κ3) is 3.07. The third-order valence-electron chi connectivity index (χ3n) is 3.53. The van der Waals surface area contributed by atoms with Gasteiger partial charge in [0.05, 0.1) is 11.2 Å². The van der Waals surface area contributed by atoms with Gasteiger partial charge in [0.2, 0.25) is 5.91 Å². The van der Waals surface area contributed by atoms with Gasteiger partial charge in [0.1, 0.15) is 11.9 Å². The molecule has 0 spiro atoms. The minimum absolute atomic E-state index is 0.105. The van der Waals surface area contributed by atoms with E-state index in [0.717, 1.165) is 17.9 Å². The molecular formula is C14H20N4OS. The van der Waals surface area contributed by atoms with E-state index in [1.54, 1.807) is 22.4 Å². The molecule has 0 unspecified atom stereocenters. The number of carbonyl (C=O) groups is 1. The second kappa shape index (κ2) is 6.17. The first-order chi connectivity index (χ1) is 9.50. The summed E-state index contributed by atoms with van der Waals surface area (Å²) in [6, 6.07) is -0.218. The maximum atomic E-state index is 12.4. The van der Waals surface area contributed by atoms with Crippen LogP contribution in [0.1, 0.15) is 29.4 Å². The summed E-state index contributed by atoms with van der Waals surface area (Å²) in [4.78, 5) is 23.8. The number of likely N-dealkylation sites (N-methyl/N-ethyl adjacent to an activating group) is 1. The standard InChI is InChI=1S/C14H20N4OS/c1-10-13(20-9-16-10)5-7-17(4)14(19)11(2)18-8-6-15-12(18)3/h6,8-9,11H,5,7H2,1-4H3/t11-/m0/s1. The summed E-state index contributed by atoms with van der Waals surface area (Å²) >= 11 is 1.65. The number of hydrogen-bond donors (Lipinski definition) is 0. The Bertz CT molecular complexity index is 590. The van der Waals surface area contributed by atoms with Crippen LogP contribution in [0.2, 0.25) is 0 Å². The molecular weight excluding hydrogens is 272 g/mol. The molecule has 0 aromatic carbocycles. The smallest absolute Gasteiger partial charge is 0.245 e. The number of amides is 1. The molecule has 6 heteroatoms. The van der Waals surface area contributed by atoms with Crippen LogP contribution < -0.4 is 0 Å². The summed E-state index contributed by atoms with van der Waals surface area (Å²) in [5.41, 5.74) is 2.92. The van der Waals surface area contributed by atoms with Crippen molar-refractivity contribution in [2.45, 2.75) is 33.2 Å². The summed E-state index contributed by atoms with van der Waals surface area (Å²) in [6.07, 6.45) is 4.42. The fourth-order valence-corrected chi connectivity index (χ4v) is 2.95. The zero-order chi connectivity index (χ0) is 14.7. The number of thiazole rings is 1. The first kappa shape index (κ1) is 14.7. The molecule has 0 aliphatic rings. The highest BCUT2D eigenvalue weighted by atomic mass is 32.1. The molecule has 1 atom stereocenters. The minimum Gasteiger partial charge on any atom is -0.344 e. The van der Waals surface area contributed by atoms with Gasteiger partial charge in [-0.1, -0.05) is 0 Å². The van der Waals surface area contributed by atoms with Crippen LogP contribution in [0.15, 0.2) is 17.9 Å².